The van der Waals surface area contributed by atoms with Gasteiger partial charge in [-0.3, -0.25) is 4.79 Å². The molecule has 0 saturated carbocycles. The van der Waals surface area contributed by atoms with Gasteiger partial charge in [-0.15, -0.1) is 9.24 Å². The lowest BCUT2D eigenvalue weighted by atomic mass is 10.0. The van der Waals surface area contributed by atoms with Gasteiger partial charge in [-0.2, -0.15) is 0 Å². The van der Waals surface area contributed by atoms with Crippen LogP contribution in [0.4, 0.5) is 0 Å². The first-order valence-corrected chi connectivity index (χ1v) is 5.49. The molecule has 2 rings (SSSR count). The van der Waals surface area contributed by atoms with Crippen LogP contribution < -0.4 is 5.73 Å². The quantitative estimate of drug-likeness (QED) is 0.735. The topological polar surface area (TPSA) is 43.1 Å². The number of hydrogen-bond donors (Lipinski definition) is 1. The molecule has 0 radical (unpaired) electrons. The van der Waals surface area contributed by atoms with E-state index in [0.717, 1.165) is 12.0 Å². The van der Waals surface area contributed by atoms with Gasteiger partial charge in [0.25, 0.3) is 0 Å². The molecule has 2 atom stereocenters. The molecule has 1 aromatic carbocycles. The Morgan fingerprint density at radius 1 is 1.57 bits per heavy atom. The van der Waals surface area contributed by atoms with Gasteiger partial charge in [0.2, 0.25) is 5.91 Å². The maximum Gasteiger partial charge on any atom is 0.221 e. The van der Waals surface area contributed by atoms with Crippen molar-refractivity contribution in [2.45, 2.75) is 24.9 Å². The normalized spacial score (nSPS) is 19.4. The van der Waals surface area contributed by atoms with E-state index in [2.05, 4.69) is 21.4 Å². The van der Waals surface area contributed by atoms with Gasteiger partial charge >= 0.3 is 0 Å². The van der Waals surface area contributed by atoms with Crippen molar-refractivity contribution in [3.8, 4) is 0 Å². The minimum absolute atomic E-state index is 0.261. The summed E-state index contributed by atoms with van der Waals surface area (Å²) in [6.07, 6.45) is 2.70. The van der Waals surface area contributed by atoms with Crippen LogP contribution in [-0.4, -0.2) is 5.91 Å². The summed E-state index contributed by atoms with van der Waals surface area (Å²) in [7, 11) is 2.85. The first-order valence-electron chi connectivity index (χ1n) is 4.82. The molecule has 0 spiro atoms. The van der Waals surface area contributed by atoms with Crippen molar-refractivity contribution in [3.05, 3.63) is 34.9 Å². The van der Waals surface area contributed by atoms with Gasteiger partial charge in [0.05, 0.1) is 6.42 Å². The number of carbonyl (C=O) groups excluding carboxylic acids is 1. The van der Waals surface area contributed by atoms with E-state index in [0.29, 0.717) is 12.1 Å². The van der Waals surface area contributed by atoms with Gasteiger partial charge in [0.15, 0.2) is 0 Å². The molecule has 0 aromatic heterocycles. The monoisotopic (exact) mass is 207 g/mol. The summed E-state index contributed by atoms with van der Waals surface area (Å²) >= 11 is 0. The Hall–Kier alpha value is -0.880. The molecule has 0 bridgehead atoms. The number of benzene rings is 1. The van der Waals surface area contributed by atoms with Crippen LogP contribution in [-0.2, 0) is 17.6 Å². The maximum atomic E-state index is 10.8. The van der Waals surface area contributed by atoms with E-state index in [1.54, 1.807) is 0 Å². The molecule has 0 heterocycles. The summed E-state index contributed by atoms with van der Waals surface area (Å²) in [6.45, 7) is 0. The van der Waals surface area contributed by atoms with Crippen molar-refractivity contribution >= 4 is 15.1 Å². The van der Waals surface area contributed by atoms with Crippen LogP contribution >= 0.6 is 9.24 Å². The second-order valence-electron chi connectivity index (χ2n) is 3.82. The Morgan fingerprint density at radius 2 is 2.36 bits per heavy atom. The first kappa shape index (κ1) is 9.67. The predicted octanol–water partition coefficient (Wildman–Crippen LogP) is 1.58. The molecule has 2 unspecified atom stereocenters. The van der Waals surface area contributed by atoms with E-state index < -0.39 is 0 Å². The number of nitrogens with two attached hydrogens (primary N) is 1. The predicted molar refractivity (Wildman–Crippen MR) is 60.1 cm³/mol. The molecule has 0 saturated heterocycles. The fraction of sp³-hybridized carbons (Fsp3) is 0.364. The van der Waals surface area contributed by atoms with Crippen molar-refractivity contribution in [1.82, 2.24) is 0 Å². The number of hydrogen-bond acceptors (Lipinski definition) is 1. The van der Waals surface area contributed by atoms with Gasteiger partial charge in [-0.1, -0.05) is 18.2 Å². The molecule has 0 aliphatic heterocycles. The minimum Gasteiger partial charge on any atom is -0.369 e. The van der Waals surface area contributed by atoms with Gasteiger partial charge in [0.1, 0.15) is 0 Å². The van der Waals surface area contributed by atoms with E-state index in [4.69, 9.17) is 5.73 Å². The standard InChI is InChI=1S/C11H14NOP/c12-11(13)6-7-1-2-8-3-4-10(14)9(8)5-7/h1-2,5,10H,3-4,6,14H2,(H2,12,13). The molecule has 1 aliphatic carbocycles. The van der Waals surface area contributed by atoms with Crippen LogP contribution in [0.25, 0.3) is 0 Å². The second-order valence-corrected chi connectivity index (χ2v) is 4.63. The van der Waals surface area contributed by atoms with Crippen LogP contribution in [0.5, 0.6) is 0 Å². The Balaban J connectivity index is 2.30. The fourth-order valence-corrected chi connectivity index (χ4v) is 2.47. The first-order chi connectivity index (χ1) is 6.66. The zero-order valence-electron chi connectivity index (χ0n) is 7.99. The lowest BCUT2D eigenvalue weighted by Gasteiger charge is -2.06. The molecular weight excluding hydrogens is 193 g/mol. The summed E-state index contributed by atoms with van der Waals surface area (Å²) in [5.41, 5.74) is 9.53. The molecule has 74 valence electrons. The Morgan fingerprint density at radius 3 is 3.07 bits per heavy atom. The van der Waals surface area contributed by atoms with E-state index in [1.807, 2.05) is 6.07 Å². The lowest BCUT2D eigenvalue weighted by Crippen LogP contribution is -2.13. The third kappa shape index (κ3) is 1.80. The SMILES string of the molecule is NC(=O)Cc1ccc2c(c1)C(P)CC2. The van der Waals surface area contributed by atoms with Crippen molar-refractivity contribution in [2.24, 2.45) is 5.73 Å². The Labute approximate surface area is 86.1 Å². The van der Waals surface area contributed by atoms with Crippen molar-refractivity contribution in [2.75, 3.05) is 0 Å². The van der Waals surface area contributed by atoms with Gasteiger partial charge < -0.3 is 5.73 Å². The second kappa shape index (κ2) is 3.70. The minimum atomic E-state index is -0.261. The van der Waals surface area contributed by atoms with Gasteiger partial charge in [0, 0.05) is 0 Å². The number of fused-ring (bicyclic) bond motifs is 1. The number of primary amides is 1. The van der Waals surface area contributed by atoms with Crippen LogP contribution in [0.1, 0.15) is 28.8 Å². The summed E-state index contributed by atoms with van der Waals surface area (Å²) in [6, 6.07) is 6.24. The van der Waals surface area contributed by atoms with E-state index in [9.17, 15) is 4.79 Å². The molecule has 14 heavy (non-hydrogen) atoms. The van der Waals surface area contributed by atoms with Crippen molar-refractivity contribution in [3.63, 3.8) is 0 Å². The highest BCUT2D eigenvalue weighted by Gasteiger charge is 2.18. The van der Waals surface area contributed by atoms with Crippen LogP contribution in [0, 0.1) is 0 Å². The van der Waals surface area contributed by atoms with Gasteiger partial charge in [-0.05, 0) is 35.2 Å². The van der Waals surface area contributed by atoms with E-state index in [1.165, 1.54) is 17.5 Å². The third-order valence-electron chi connectivity index (χ3n) is 2.71. The lowest BCUT2D eigenvalue weighted by molar-refractivity contribution is -0.117. The van der Waals surface area contributed by atoms with Crippen molar-refractivity contribution in [1.29, 1.82) is 0 Å². The zero-order chi connectivity index (χ0) is 10.1. The zero-order valence-corrected chi connectivity index (χ0v) is 9.15. The van der Waals surface area contributed by atoms with Gasteiger partial charge in [-0.25, -0.2) is 0 Å². The summed E-state index contributed by atoms with van der Waals surface area (Å²) < 4.78 is 0. The number of rotatable bonds is 2. The molecule has 1 aromatic rings. The fourth-order valence-electron chi connectivity index (χ4n) is 1.99. The van der Waals surface area contributed by atoms with Crippen molar-refractivity contribution < 1.29 is 4.79 Å². The number of amides is 1. The highest BCUT2D eigenvalue weighted by Crippen LogP contribution is 2.37. The van der Waals surface area contributed by atoms with Crippen LogP contribution in [0.15, 0.2) is 18.2 Å². The van der Waals surface area contributed by atoms with E-state index in [-0.39, 0.29) is 5.91 Å². The van der Waals surface area contributed by atoms with E-state index >= 15 is 0 Å². The highest BCUT2D eigenvalue weighted by molar-refractivity contribution is 7.17. The highest BCUT2D eigenvalue weighted by atomic mass is 31.0. The molecular formula is C11H14NOP. The molecule has 1 amide bonds. The Kier molecular flexibility index (Phi) is 2.56. The molecule has 2 N–H and O–H groups in total. The number of carbonyl (C=O) groups is 1. The molecule has 2 nitrogen and oxygen atoms in total. The summed E-state index contributed by atoms with van der Waals surface area (Å²) in [4.78, 5) is 10.8. The molecule has 3 heteroatoms. The third-order valence-corrected chi connectivity index (χ3v) is 3.41. The average Bonchev–Trinajstić information content (AvgIpc) is 2.47. The molecule has 1 aliphatic rings. The van der Waals surface area contributed by atoms with Crippen LogP contribution in [0.3, 0.4) is 0 Å². The summed E-state index contributed by atoms with van der Waals surface area (Å²) in [5.74, 6) is -0.261. The Bertz CT molecular complexity index is 376. The largest absolute Gasteiger partial charge is 0.369 e. The summed E-state index contributed by atoms with van der Waals surface area (Å²) in [5, 5.41) is 0. The smallest absolute Gasteiger partial charge is 0.221 e. The maximum absolute atomic E-state index is 10.8. The average molecular weight is 207 g/mol. The van der Waals surface area contributed by atoms with Crippen LogP contribution in [0.2, 0.25) is 0 Å². The molecule has 0 fully saturated rings. The number of aryl methyl sites for hydroxylation is 1.